The number of fused-ring (bicyclic) bond motifs is 8. The van der Waals surface area contributed by atoms with Gasteiger partial charge in [-0.2, -0.15) is 33.7 Å². The molecule has 448 valence electrons. The Kier molecular flexibility index (Phi) is 17.2. The standard InChI is InChI=1S/C44H32O32S8/c45-37-17-9-19-27(79-75-71-55)3-14-5-29(81(57,58)59)21(41(49)34(14)39(19)47)11-23-31(83(63,64)65)7-16-8-32(84(66,67)68)24(44(52)36(16)43(23)51)12-22-30(82(60,61)62)6-15-4-28(80-76-72-56)20(40(48)35(15)42(22)50)10-18-26(78-74-70-54)2-13(33(37)38(18)46)1-25(17)77-73-69-53/h1-8,45-56H,9-12H2,(H,57,58,59)(H,60,61,62)(H,63,64,65)(H,66,67,68). The molecular formula is C44H32O32S8. The van der Waals surface area contributed by atoms with Gasteiger partial charge in [-0.25, -0.2) is 21.0 Å². The second kappa shape index (κ2) is 23.2. The van der Waals surface area contributed by atoms with E-state index in [9.17, 15) is 114 Å². The van der Waals surface area contributed by atoms with E-state index in [0.29, 0.717) is 24.3 Å². The summed E-state index contributed by atoms with van der Waals surface area (Å²) < 4.78 is 167. The van der Waals surface area contributed by atoms with Crippen molar-refractivity contribution in [2.45, 2.75) is 64.8 Å². The fourth-order valence-corrected chi connectivity index (χ4v) is 15.0. The van der Waals surface area contributed by atoms with E-state index in [1.807, 2.05) is 0 Å². The van der Waals surface area contributed by atoms with Gasteiger partial charge in [0, 0.05) is 89.8 Å². The van der Waals surface area contributed by atoms with E-state index in [2.05, 4.69) is 37.5 Å². The lowest BCUT2D eigenvalue weighted by molar-refractivity contribution is -0.432. The molecule has 8 aromatic rings. The first kappa shape index (κ1) is 62.3. The van der Waals surface area contributed by atoms with Crippen molar-refractivity contribution in [2.24, 2.45) is 0 Å². The Morgan fingerprint density at radius 2 is 0.452 bits per heavy atom. The quantitative estimate of drug-likeness (QED) is 0.0195. The highest BCUT2D eigenvalue weighted by Crippen LogP contribution is 2.54. The Morgan fingerprint density at radius 3 is 0.643 bits per heavy atom. The van der Waals surface area contributed by atoms with Gasteiger partial charge < -0.3 is 40.9 Å². The van der Waals surface area contributed by atoms with Crippen LogP contribution in [0, 0.1) is 0 Å². The van der Waals surface area contributed by atoms with Crippen LogP contribution in [-0.4, -0.2) is 114 Å². The van der Waals surface area contributed by atoms with Crippen molar-refractivity contribution in [2.75, 3.05) is 0 Å². The van der Waals surface area contributed by atoms with Crippen LogP contribution < -0.4 is 0 Å². The minimum atomic E-state index is -5.78. The summed E-state index contributed by atoms with van der Waals surface area (Å²) in [6.45, 7) is 0. The number of phenols is 8. The first-order valence-corrected chi connectivity index (χ1v) is 30.7. The molecule has 0 saturated heterocycles. The van der Waals surface area contributed by atoms with E-state index < -0.39 is 224 Å². The molecule has 9 rings (SSSR count). The lowest BCUT2D eigenvalue weighted by Gasteiger charge is -2.22. The molecule has 1 aliphatic carbocycles. The number of hydrogen-bond donors (Lipinski definition) is 16. The minimum absolute atomic E-state index is 0.0660. The molecule has 32 nitrogen and oxygen atoms in total. The van der Waals surface area contributed by atoms with Crippen LogP contribution in [0.4, 0.5) is 0 Å². The molecule has 12 bridgehead atoms. The van der Waals surface area contributed by atoms with Crippen molar-refractivity contribution in [3.05, 3.63) is 93.0 Å². The summed E-state index contributed by atoms with van der Waals surface area (Å²) in [6.07, 6.45) is -4.81. The van der Waals surface area contributed by atoms with Crippen LogP contribution in [0.15, 0.2) is 87.7 Å². The van der Waals surface area contributed by atoms with Crippen molar-refractivity contribution in [1.29, 1.82) is 0 Å². The fraction of sp³-hybridized carbons (Fsp3) is 0.0909. The topological polar surface area (TPSA) is 534 Å². The molecule has 16 N–H and O–H groups in total. The summed E-state index contributed by atoms with van der Waals surface area (Å²) in [7, 11) is -23.0. The highest BCUT2D eigenvalue weighted by atomic mass is 32.2. The largest absolute Gasteiger partial charge is 0.507 e. The molecule has 0 fully saturated rings. The van der Waals surface area contributed by atoms with Crippen molar-refractivity contribution in [3.63, 3.8) is 0 Å². The summed E-state index contributed by atoms with van der Waals surface area (Å²) >= 11 is 0.430. The zero-order valence-electron chi connectivity index (χ0n) is 40.4. The second-order valence-electron chi connectivity index (χ2n) is 17.5. The predicted molar refractivity (Wildman–Crippen MR) is 282 cm³/mol. The third kappa shape index (κ3) is 11.3. The van der Waals surface area contributed by atoms with Crippen molar-refractivity contribution in [3.8, 4) is 46.0 Å². The van der Waals surface area contributed by atoms with Gasteiger partial charge in [0.25, 0.3) is 40.5 Å². The van der Waals surface area contributed by atoms with Gasteiger partial charge in [0.05, 0.1) is 69.7 Å². The van der Waals surface area contributed by atoms with Gasteiger partial charge in [0.1, 0.15) is 65.6 Å². The lowest BCUT2D eigenvalue weighted by Crippen LogP contribution is -2.11. The first-order valence-electron chi connectivity index (χ1n) is 22.0. The first-order chi connectivity index (χ1) is 39.4. The molecule has 0 radical (unpaired) electrons. The molecule has 1 aliphatic rings. The Labute approximate surface area is 483 Å². The fourth-order valence-electron chi connectivity index (χ4n) is 9.75. The molecule has 40 heteroatoms. The molecule has 0 atom stereocenters. The molecule has 8 aromatic carbocycles. The van der Waals surface area contributed by atoms with E-state index in [4.69, 9.17) is 0 Å². The van der Waals surface area contributed by atoms with Crippen LogP contribution in [0.5, 0.6) is 46.0 Å². The van der Waals surface area contributed by atoms with Gasteiger partial charge >= 0.3 is 0 Å². The summed E-state index contributed by atoms with van der Waals surface area (Å²) in [6, 6.07) is 5.94. The van der Waals surface area contributed by atoms with Crippen LogP contribution in [-0.2, 0) is 104 Å². The maximum absolute atomic E-state index is 13.3. The van der Waals surface area contributed by atoms with E-state index in [0.717, 1.165) is 24.3 Å². The summed E-state index contributed by atoms with van der Waals surface area (Å²) in [4.78, 5) is -7.00. The Bertz CT molecular complexity index is 4320. The highest BCUT2D eigenvalue weighted by Gasteiger charge is 2.35. The number of hydrogen-bond acceptors (Lipinski definition) is 32. The molecule has 0 aromatic heterocycles. The van der Waals surface area contributed by atoms with Crippen LogP contribution in [0.3, 0.4) is 0 Å². The average Bonchev–Trinajstić information content (AvgIpc) is 1.13. The third-order valence-electron chi connectivity index (χ3n) is 13.2. The van der Waals surface area contributed by atoms with Crippen LogP contribution in [0.1, 0.15) is 44.5 Å². The lowest BCUT2D eigenvalue weighted by atomic mass is 9.91. The molecular weight excluding hydrogens is 1300 g/mol. The van der Waals surface area contributed by atoms with Gasteiger partial charge in [-0.1, -0.05) is 20.2 Å². The maximum Gasteiger partial charge on any atom is 0.294 e. The molecule has 0 amide bonds. The van der Waals surface area contributed by atoms with Crippen molar-refractivity contribution >= 4 is 132 Å². The number of benzene rings is 8. The molecule has 0 spiro atoms. The van der Waals surface area contributed by atoms with Gasteiger partial charge in [0.2, 0.25) is 0 Å². The van der Waals surface area contributed by atoms with E-state index >= 15 is 0 Å². The monoisotopic (exact) mass is 1330 g/mol. The minimum Gasteiger partial charge on any atom is -0.507 e. The average molecular weight is 1330 g/mol. The number of aromatic hydroxyl groups is 8. The van der Waals surface area contributed by atoms with Crippen molar-refractivity contribution in [1.82, 2.24) is 0 Å². The van der Waals surface area contributed by atoms with Crippen LogP contribution in [0.2, 0.25) is 0 Å². The maximum atomic E-state index is 13.3. The Balaban J connectivity index is 1.52. The summed E-state index contributed by atoms with van der Waals surface area (Å²) in [5.74, 6) is -10.1. The molecule has 0 aliphatic heterocycles. The summed E-state index contributed by atoms with van der Waals surface area (Å²) in [5, 5.41) is 144. The molecule has 0 saturated carbocycles. The highest BCUT2D eigenvalue weighted by molar-refractivity contribution is 7.95. The predicted octanol–water partition coefficient (Wildman–Crippen LogP) is 7.32. The van der Waals surface area contributed by atoms with E-state index in [-0.39, 0.29) is 63.3 Å². The number of phenolic OH excluding ortho intramolecular Hbond substituents is 8. The van der Waals surface area contributed by atoms with Crippen LogP contribution >= 0.6 is 48.2 Å². The molecule has 84 heavy (non-hydrogen) atoms. The van der Waals surface area contributed by atoms with Gasteiger partial charge in [0.15, 0.2) is 0 Å². The summed E-state index contributed by atoms with van der Waals surface area (Å²) in [5.41, 5.74) is -6.64. The smallest absolute Gasteiger partial charge is 0.294 e. The zero-order chi connectivity index (χ0) is 61.4. The van der Waals surface area contributed by atoms with Gasteiger partial charge in [-0.15, -0.1) is 17.3 Å². The van der Waals surface area contributed by atoms with Crippen LogP contribution in [0.25, 0.3) is 43.1 Å². The van der Waals surface area contributed by atoms with E-state index in [1.54, 1.807) is 0 Å². The molecule has 0 unspecified atom stereocenters. The SMILES string of the molecule is O=S(=O)(O)c1cc2cc(SOOO)c3c(O)c2c(O)c1Cc1c(S(=O)(=O)O)cc2cc(S(=O)(=O)O)c(c(O)c2c1O)Cc1c(S(=O)(=O)O)cc2cc(SOOO)c(c(O)c2c1O)Cc1c(SOOO)cc2cc(SOOO)c(c(O)c2c1O)C3. The molecule has 0 heterocycles. The Morgan fingerprint density at radius 1 is 0.286 bits per heavy atom. The number of rotatable bonds is 16. The second-order valence-corrected chi connectivity index (χ2v) is 26.0. The normalized spacial score (nSPS) is 13.4. The van der Waals surface area contributed by atoms with Crippen molar-refractivity contribution < 1.29 is 151 Å². The zero-order valence-corrected chi connectivity index (χ0v) is 46.9. The van der Waals surface area contributed by atoms with Gasteiger partial charge in [-0.3, -0.25) is 18.2 Å². The Hall–Kier alpha value is -6.24. The third-order valence-corrected chi connectivity index (χ3v) is 19.5. The van der Waals surface area contributed by atoms with Gasteiger partial charge in [-0.05, 0) is 70.1 Å². The van der Waals surface area contributed by atoms with E-state index in [1.165, 1.54) is 0 Å².